The third kappa shape index (κ3) is 1.93. The van der Waals surface area contributed by atoms with E-state index in [9.17, 15) is 9.59 Å². The first-order valence-corrected chi connectivity index (χ1v) is 4.64. The fourth-order valence-corrected chi connectivity index (χ4v) is 2.10. The number of hydrogen-bond acceptors (Lipinski definition) is 2. The summed E-state index contributed by atoms with van der Waals surface area (Å²) in [7, 11) is 0. The van der Waals surface area contributed by atoms with Gasteiger partial charge in [-0.1, -0.05) is 12.8 Å². The zero-order valence-corrected chi connectivity index (χ0v) is 7.80. The molecule has 0 spiro atoms. The summed E-state index contributed by atoms with van der Waals surface area (Å²) in [6.07, 6.45) is 4.04. The number of carbonyl (C=O) groups is 2. The summed E-state index contributed by atoms with van der Waals surface area (Å²) in [5.74, 6) is 0.428. The Balaban J connectivity index is 2.67. The average molecular weight is 168 g/mol. The molecule has 1 aliphatic carbocycles. The van der Waals surface area contributed by atoms with E-state index in [-0.39, 0.29) is 23.4 Å². The zero-order chi connectivity index (χ0) is 9.14. The molecule has 0 aliphatic heterocycles. The van der Waals surface area contributed by atoms with Crippen LogP contribution >= 0.6 is 0 Å². The highest BCUT2D eigenvalue weighted by atomic mass is 16.1. The van der Waals surface area contributed by atoms with Gasteiger partial charge in [-0.3, -0.25) is 9.59 Å². The third-order valence-electron chi connectivity index (χ3n) is 2.81. The number of carbonyl (C=O) groups excluding carboxylic acids is 2. The van der Waals surface area contributed by atoms with Crippen LogP contribution < -0.4 is 0 Å². The van der Waals surface area contributed by atoms with Crippen molar-refractivity contribution in [3.63, 3.8) is 0 Å². The van der Waals surface area contributed by atoms with E-state index in [4.69, 9.17) is 0 Å². The van der Waals surface area contributed by atoms with Gasteiger partial charge in [0.1, 0.15) is 11.6 Å². The van der Waals surface area contributed by atoms with Crippen molar-refractivity contribution in [2.75, 3.05) is 0 Å². The summed E-state index contributed by atoms with van der Waals surface area (Å²) < 4.78 is 0. The molecule has 2 nitrogen and oxygen atoms in total. The molecule has 2 unspecified atom stereocenters. The van der Waals surface area contributed by atoms with Crippen molar-refractivity contribution in [1.29, 1.82) is 0 Å². The zero-order valence-electron chi connectivity index (χ0n) is 7.80. The van der Waals surface area contributed by atoms with Gasteiger partial charge in [0.25, 0.3) is 0 Å². The van der Waals surface area contributed by atoms with Gasteiger partial charge in [0, 0.05) is 11.8 Å². The topological polar surface area (TPSA) is 34.1 Å². The number of ketones is 2. The van der Waals surface area contributed by atoms with Crippen LogP contribution in [0, 0.1) is 11.8 Å². The Kier molecular flexibility index (Phi) is 3.01. The van der Waals surface area contributed by atoms with E-state index in [2.05, 4.69) is 0 Å². The molecule has 0 amide bonds. The smallest absolute Gasteiger partial charge is 0.133 e. The van der Waals surface area contributed by atoms with E-state index in [1.165, 1.54) is 0 Å². The van der Waals surface area contributed by atoms with E-state index < -0.39 is 0 Å². The maximum atomic E-state index is 11.2. The molecule has 1 fully saturated rings. The highest BCUT2D eigenvalue weighted by molar-refractivity contribution is 5.87. The molecular weight excluding hydrogens is 152 g/mol. The lowest BCUT2D eigenvalue weighted by molar-refractivity contribution is -0.131. The second-order valence-electron chi connectivity index (χ2n) is 3.72. The Hall–Kier alpha value is -0.660. The van der Waals surface area contributed by atoms with Crippen LogP contribution in [0.4, 0.5) is 0 Å². The molecule has 1 saturated carbocycles. The standard InChI is InChI=1S/C10H16O2/c1-7(11)9-5-3-4-6-10(9)8(2)12/h9-10H,3-6H2,1-2H3. The number of hydrogen-bond donors (Lipinski definition) is 0. The molecule has 0 heterocycles. The summed E-state index contributed by atoms with van der Waals surface area (Å²) in [5, 5.41) is 0. The molecule has 1 aliphatic rings. The Bertz CT molecular complexity index is 174. The maximum Gasteiger partial charge on any atom is 0.133 e. The van der Waals surface area contributed by atoms with Crippen LogP contribution in [0.25, 0.3) is 0 Å². The van der Waals surface area contributed by atoms with Crippen LogP contribution in [-0.4, -0.2) is 11.6 Å². The molecular formula is C10H16O2. The summed E-state index contributed by atoms with van der Waals surface area (Å²) in [5.41, 5.74) is 0. The van der Waals surface area contributed by atoms with Crippen LogP contribution in [0.1, 0.15) is 39.5 Å². The molecule has 12 heavy (non-hydrogen) atoms. The quantitative estimate of drug-likeness (QED) is 0.631. The Labute approximate surface area is 73.3 Å². The summed E-state index contributed by atoms with van der Waals surface area (Å²) >= 11 is 0. The first-order chi connectivity index (χ1) is 5.63. The highest BCUT2D eigenvalue weighted by Gasteiger charge is 2.31. The summed E-state index contributed by atoms with van der Waals surface area (Å²) in [6.45, 7) is 3.21. The largest absolute Gasteiger partial charge is 0.300 e. The van der Waals surface area contributed by atoms with Crippen LogP contribution in [0.15, 0.2) is 0 Å². The first kappa shape index (κ1) is 9.43. The molecule has 0 saturated heterocycles. The molecule has 0 bridgehead atoms. The summed E-state index contributed by atoms with van der Waals surface area (Å²) in [4.78, 5) is 22.3. The van der Waals surface area contributed by atoms with Crippen molar-refractivity contribution < 1.29 is 9.59 Å². The number of rotatable bonds is 2. The van der Waals surface area contributed by atoms with Crippen molar-refractivity contribution >= 4 is 11.6 Å². The Morgan fingerprint density at radius 1 is 0.917 bits per heavy atom. The Morgan fingerprint density at radius 2 is 1.25 bits per heavy atom. The molecule has 2 atom stereocenters. The van der Waals surface area contributed by atoms with Gasteiger partial charge in [0.15, 0.2) is 0 Å². The molecule has 0 aromatic heterocycles. The van der Waals surface area contributed by atoms with E-state index in [1.54, 1.807) is 13.8 Å². The van der Waals surface area contributed by atoms with Gasteiger partial charge in [0.2, 0.25) is 0 Å². The van der Waals surface area contributed by atoms with Crippen molar-refractivity contribution in [1.82, 2.24) is 0 Å². The van der Waals surface area contributed by atoms with Crippen molar-refractivity contribution in [3.8, 4) is 0 Å². The van der Waals surface area contributed by atoms with Crippen LogP contribution in [0.2, 0.25) is 0 Å². The average Bonchev–Trinajstić information content (AvgIpc) is 2.04. The van der Waals surface area contributed by atoms with Crippen LogP contribution in [0.3, 0.4) is 0 Å². The second kappa shape index (κ2) is 3.83. The molecule has 68 valence electrons. The third-order valence-corrected chi connectivity index (χ3v) is 2.81. The predicted octanol–water partition coefficient (Wildman–Crippen LogP) is 1.97. The van der Waals surface area contributed by atoms with Gasteiger partial charge in [-0.25, -0.2) is 0 Å². The lowest BCUT2D eigenvalue weighted by Crippen LogP contribution is -2.30. The molecule has 0 radical (unpaired) electrons. The van der Waals surface area contributed by atoms with Gasteiger partial charge in [0.05, 0.1) is 0 Å². The minimum atomic E-state index is 0.0243. The highest BCUT2D eigenvalue weighted by Crippen LogP contribution is 2.31. The van der Waals surface area contributed by atoms with Crippen molar-refractivity contribution in [3.05, 3.63) is 0 Å². The van der Waals surface area contributed by atoms with Crippen LogP contribution in [0.5, 0.6) is 0 Å². The lowest BCUT2D eigenvalue weighted by atomic mass is 9.75. The SMILES string of the molecule is CC(=O)C1CCCCC1C(C)=O. The van der Waals surface area contributed by atoms with Crippen LogP contribution in [-0.2, 0) is 9.59 Å². The van der Waals surface area contributed by atoms with E-state index >= 15 is 0 Å². The van der Waals surface area contributed by atoms with E-state index in [1.807, 2.05) is 0 Å². The van der Waals surface area contributed by atoms with Gasteiger partial charge in [-0.2, -0.15) is 0 Å². The molecule has 1 rings (SSSR count). The first-order valence-electron chi connectivity index (χ1n) is 4.64. The van der Waals surface area contributed by atoms with E-state index in [0.29, 0.717) is 0 Å². The van der Waals surface area contributed by atoms with Gasteiger partial charge >= 0.3 is 0 Å². The van der Waals surface area contributed by atoms with E-state index in [0.717, 1.165) is 25.7 Å². The Morgan fingerprint density at radius 3 is 1.50 bits per heavy atom. The minimum absolute atomic E-state index is 0.0243. The second-order valence-corrected chi connectivity index (χ2v) is 3.72. The molecule has 0 N–H and O–H groups in total. The fourth-order valence-electron chi connectivity index (χ4n) is 2.10. The predicted molar refractivity (Wildman–Crippen MR) is 46.8 cm³/mol. The normalized spacial score (nSPS) is 29.8. The molecule has 0 aromatic carbocycles. The van der Waals surface area contributed by atoms with Gasteiger partial charge < -0.3 is 0 Å². The van der Waals surface area contributed by atoms with Crippen molar-refractivity contribution in [2.24, 2.45) is 11.8 Å². The fraction of sp³-hybridized carbons (Fsp3) is 0.800. The minimum Gasteiger partial charge on any atom is -0.300 e. The molecule has 0 aromatic rings. The monoisotopic (exact) mass is 168 g/mol. The van der Waals surface area contributed by atoms with Gasteiger partial charge in [-0.05, 0) is 26.7 Å². The number of Topliss-reactive ketones (excluding diaryl/α,β-unsaturated/α-hetero) is 2. The van der Waals surface area contributed by atoms with Gasteiger partial charge in [-0.15, -0.1) is 0 Å². The molecule has 2 heteroatoms. The maximum absolute atomic E-state index is 11.2. The lowest BCUT2D eigenvalue weighted by Gasteiger charge is -2.27. The van der Waals surface area contributed by atoms with Crippen molar-refractivity contribution in [2.45, 2.75) is 39.5 Å². The summed E-state index contributed by atoms with van der Waals surface area (Å²) in [6, 6.07) is 0.